The van der Waals surface area contributed by atoms with Crippen LogP contribution in [0.25, 0.3) is 0 Å². The molecule has 0 radical (unpaired) electrons. The monoisotopic (exact) mass is 291 g/mol. The molecule has 0 unspecified atom stereocenters. The molecule has 1 rings (SSSR count). The van der Waals surface area contributed by atoms with Gasteiger partial charge in [-0.15, -0.1) is 0 Å². The highest BCUT2D eigenvalue weighted by molar-refractivity contribution is 6.35. The quantitative estimate of drug-likeness (QED) is 0.723. The van der Waals surface area contributed by atoms with Crippen molar-refractivity contribution in [3.8, 4) is 5.75 Å². The maximum Gasteiger partial charge on any atom is 0.142 e. The molecule has 0 aliphatic rings. The van der Waals surface area contributed by atoms with Crippen LogP contribution in [0, 0.1) is 0 Å². The second-order valence-corrected chi connectivity index (χ2v) is 4.88. The van der Waals surface area contributed by atoms with E-state index in [4.69, 9.17) is 33.0 Å². The highest BCUT2D eigenvalue weighted by Gasteiger charge is 2.10. The van der Waals surface area contributed by atoms with Crippen molar-refractivity contribution >= 4 is 23.2 Å². The summed E-state index contributed by atoms with van der Waals surface area (Å²) in [4.78, 5) is 0. The van der Waals surface area contributed by atoms with Crippen molar-refractivity contribution in [1.29, 1.82) is 0 Å². The van der Waals surface area contributed by atoms with Gasteiger partial charge in [0.25, 0.3) is 0 Å². The molecule has 1 aromatic carbocycles. The van der Waals surface area contributed by atoms with Crippen molar-refractivity contribution in [2.45, 2.75) is 25.8 Å². The molecule has 18 heavy (non-hydrogen) atoms. The Morgan fingerprint density at radius 1 is 1.22 bits per heavy atom. The number of hydrogen-bond donors (Lipinski definition) is 2. The molecule has 2 N–H and O–H groups in total. The Labute approximate surface area is 118 Å². The molecule has 0 amide bonds. The third kappa shape index (κ3) is 5.02. The zero-order chi connectivity index (χ0) is 13.4. The lowest BCUT2D eigenvalue weighted by atomic mass is 10.2. The van der Waals surface area contributed by atoms with Gasteiger partial charge in [-0.2, -0.15) is 0 Å². The average molecular weight is 292 g/mol. The lowest BCUT2D eigenvalue weighted by Crippen LogP contribution is -2.08. The zero-order valence-corrected chi connectivity index (χ0v) is 12.0. The van der Waals surface area contributed by atoms with Crippen LogP contribution in [-0.4, -0.2) is 25.4 Å². The minimum absolute atomic E-state index is 0.229. The summed E-state index contributed by atoms with van der Waals surface area (Å²) in [6.07, 6.45) is 2.66. The minimum Gasteiger partial charge on any atom is -0.492 e. The molecule has 0 aliphatic carbocycles. The van der Waals surface area contributed by atoms with Crippen LogP contribution in [0.4, 0.5) is 0 Å². The first-order valence-electron chi connectivity index (χ1n) is 6.05. The van der Waals surface area contributed by atoms with E-state index in [1.807, 2.05) is 13.1 Å². The number of benzene rings is 1. The number of halogens is 2. The van der Waals surface area contributed by atoms with E-state index >= 15 is 0 Å². The first kappa shape index (κ1) is 15.6. The molecule has 0 aromatic heterocycles. The van der Waals surface area contributed by atoms with E-state index in [0.717, 1.165) is 24.8 Å². The summed E-state index contributed by atoms with van der Waals surface area (Å²) < 4.78 is 5.71. The summed E-state index contributed by atoms with van der Waals surface area (Å²) >= 11 is 12.1. The van der Waals surface area contributed by atoms with Crippen LogP contribution in [0.2, 0.25) is 10.0 Å². The molecule has 3 nitrogen and oxygen atoms in total. The van der Waals surface area contributed by atoms with Crippen LogP contribution in [0.5, 0.6) is 5.75 Å². The van der Waals surface area contributed by atoms with E-state index in [9.17, 15) is 0 Å². The third-order valence-electron chi connectivity index (χ3n) is 2.50. The summed E-state index contributed by atoms with van der Waals surface area (Å²) in [6.45, 7) is 1.48. The smallest absolute Gasteiger partial charge is 0.142 e. The van der Waals surface area contributed by atoms with Crippen molar-refractivity contribution in [3.05, 3.63) is 27.7 Å². The Morgan fingerprint density at radius 2 is 2.00 bits per heavy atom. The second-order valence-electron chi connectivity index (χ2n) is 4.04. The summed E-state index contributed by atoms with van der Waals surface area (Å²) in [5, 5.41) is 12.9. The first-order valence-corrected chi connectivity index (χ1v) is 6.80. The number of ether oxygens (including phenoxy) is 1. The molecule has 0 saturated carbocycles. The molecular weight excluding hydrogens is 273 g/mol. The normalized spacial score (nSPS) is 10.7. The van der Waals surface area contributed by atoms with E-state index in [-0.39, 0.29) is 6.61 Å². The van der Waals surface area contributed by atoms with Crippen molar-refractivity contribution < 1.29 is 9.84 Å². The van der Waals surface area contributed by atoms with Gasteiger partial charge in [-0.1, -0.05) is 23.2 Å². The van der Waals surface area contributed by atoms with E-state index < -0.39 is 0 Å². The summed E-state index contributed by atoms with van der Waals surface area (Å²) in [7, 11) is 1.86. The molecule has 0 atom stereocenters. The van der Waals surface area contributed by atoms with Gasteiger partial charge in [-0.05, 0) is 38.4 Å². The van der Waals surface area contributed by atoms with Gasteiger partial charge in [0.2, 0.25) is 0 Å². The fourth-order valence-corrected chi connectivity index (χ4v) is 2.25. The van der Waals surface area contributed by atoms with Crippen LogP contribution in [0.3, 0.4) is 0 Å². The highest BCUT2D eigenvalue weighted by Crippen LogP contribution is 2.32. The number of aliphatic hydroxyl groups excluding tert-OH is 1. The topological polar surface area (TPSA) is 41.5 Å². The second kappa shape index (κ2) is 8.59. The van der Waals surface area contributed by atoms with Crippen molar-refractivity contribution in [2.24, 2.45) is 0 Å². The molecule has 0 aliphatic heterocycles. The Hall–Kier alpha value is -0.480. The average Bonchev–Trinajstić information content (AvgIpc) is 2.32. The Kier molecular flexibility index (Phi) is 7.44. The predicted octanol–water partition coefficient (Wildman–Crippen LogP) is 3.25. The van der Waals surface area contributed by atoms with Gasteiger partial charge in [0.05, 0.1) is 11.6 Å². The maximum atomic E-state index is 8.69. The number of rotatable bonds is 8. The number of nitrogens with one attached hydrogen (secondary N) is 1. The van der Waals surface area contributed by atoms with Crippen LogP contribution in [0.1, 0.15) is 24.8 Å². The number of unbranched alkanes of at least 4 members (excludes halogenated alkanes) is 2. The van der Waals surface area contributed by atoms with Crippen LogP contribution in [0.15, 0.2) is 12.1 Å². The molecule has 0 spiro atoms. The highest BCUT2D eigenvalue weighted by atomic mass is 35.5. The largest absolute Gasteiger partial charge is 0.492 e. The zero-order valence-electron chi connectivity index (χ0n) is 10.5. The Balaban J connectivity index is 2.62. The molecule has 0 heterocycles. The van der Waals surface area contributed by atoms with Crippen molar-refractivity contribution in [1.82, 2.24) is 5.32 Å². The van der Waals surface area contributed by atoms with Gasteiger partial charge in [0, 0.05) is 23.7 Å². The Morgan fingerprint density at radius 3 is 2.67 bits per heavy atom. The first-order chi connectivity index (χ1) is 8.69. The van der Waals surface area contributed by atoms with Crippen molar-refractivity contribution in [2.75, 3.05) is 20.3 Å². The fraction of sp³-hybridized carbons (Fsp3) is 0.538. The van der Waals surface area contributed by atoms with E-state index in [2.05, 4.69) is 5.32 Å². The number of hydrogen-bond acceptors (Lipinski definition) is 3. The van der Waals surface area contributed by atoms with Gasteiger partial charge in [0.1, 0.15) is 5.75 Å². The summed E-state index contributed by atoms with van der Waals surface area (Å²) in [6, 6.07) is 3.54. The van der Waals surface area contributed by atoms with E-state index in [1.54, 1.807) is 6.07 Å². The van der Waals surface area contributed by atoms with Gasteiger partial charge < -0.3 is 15.2 Å². The summed E-state index contributed by atoms with van der Waals surface area (Å²) in [5.41, 5.74) is 0.956. The molecule has 0 saturated heterocycles. The Bertz CT molecular complexity index is 372. The van der Waals surface area contributed by atoms with Gasteiger partial charge in [0.15, 0.2) is 0 Å². The third-order valence-corrected chi connectivity index (χ3v) is 3.00. The van der Waals surface area contributed by atoms with Crippen LogP contribution in [-0.2, 0) is 6.54 Å². The lowest BCUT2D eigenvalue weighted by molar-refractivity contribution is 0.265. The molecule has 102 valence electrons. The predicted molar refractivity (Wildman–Crippen MR) is 75.7 cm³/mol. The van der Waals surface area contributed by atoms with Gasteiger partial charge >= 0.3 is 0 Å². The van der Waals surface area contributed by atoms with Gasteiger partial charge in [-0.3, -0.25) is 0 Å². The van der Waals surface area contributed by atoms with Crippen molar-refractivity contribution in [3.63, 3.8) is 0 Å². The van der Waals surface area contributed by atoms with Gasteiger partial charge in [-0.25, -0.2) is 0 Å². The SMILES string of the molecule is CNCc1cc(Cl)cc(Cl)c1OCCCCCO. The van der Waals surface area contributed by atoms with E-state index in [0.29, 0.717) is 28.9 Å². The standard InChI is InChI=1S/C13H19Cl2NO2/c1-16-9-10-7-11(14)8-12(15)13(10)18-6-4-2-3-5-17/h7-8,16-17H,2-6,9H2,1H3. The molecule has 0 bridgehead atoms. The summed E-state index contributed by atoms with van der Waals surface area (Å²) in [5.74, 6) is 0.694. The fourth-order valence-electron chi connectivity index (χ4n) is 1.66. The molecular formula is C13H19Cl2NO2. The molecule has 1 aromatic rings. The minimum atomic E-state index is 0.229. The maximum absolute atomic E-state index is 8.69. The van der Waals surface area contributed by atoms with E-state index in [1.165, 1.54) is 0 Å². The van der Waals surface area contributed by atoms with Crippen LogP contribution >= 0.6 is 23.2 Å². The molecule has 0 fully saturated rings. The lowest BCUT2D eigenvalue weighted by Gasteiger charge is -2.13. The molecule has 5 heteroatoms. The number of aliphatic hydroxyl groups is 1. The van der Waals surface area contributed by atoms with Crippen LogP contribution < -0.4 is 10.1 Å².